The molecule has 0 spiro atoms. The van der Waals surface area contributed by atoms with Crippen LogP contribution in [0, 0.1) is 15.9 Å². The Morgan fingerprint density at radius 3 is 2.62 bits per heavy atom. The molecule has 0 aromatic heterocycles. The van der Waals surface area contributed by atoms with E-state index >= 15 is 0 Å². The monoisotopic (exact) mass is 291 g/mol. The van der Waals surface area contributed by atoms with Crippen molar-refractivity contribution in [3.05, 3.63) is 57.9 Å². The van der Waals surface area contributed by atoms with Crippen molar-refractivity contribution in [1.29, 1.82) is 0 Å². The van der Waals surface area contributed by atoms with Crippen molar-refractivity contribution in [3.8, 4) is 5.75 Å². The maximum absolute atomic E-state index is 13.1. The SMILES string of the molecule is Nc1ccc(F)cc1C(=O)Nc1ccc([N+](=O)[O-])cc1O. The third-order valence-electron chi connectivity index (χ3n) is 2.70. The number of carbonyl (C=O) groups excluding carboxylic acids is 1. The van der Waals surface area contributed by atoms with Crippen LogP contribution in [0.1, 0.15) is 10.4 Å². The van der Waals surface area contributed by atoms with E-state index in [1.807, 2.05) is 0 Å². The van der Waals surface area contributed by atoms with Crippen molar-refractivity contribution >= 4 is 23.0 Å². The fourth-order valence-electron chi connectivity index (χ4n) is 1.65. The number of benzene rings is 2. The zero-order valence-corrected chi connectivity index (χ0v) is 10.5. The average Bonchev–Trinajstić information content (AvgIpc) is 2.43. The first-order valence-electron chi connectivity index (χ1n) is 5.72. The van der Waals surface area contributed by atoms with Crippen LogP contribution in [0.2, 0.25) is 0 Å². The first-order chi connectivity index (χ1) is 9.88. The van der Waals surface area contributed by atoms with Gasteiger partial charge in [-0.3, -0.25) is 14.9 Å². The normalized spacial score (nSPS) is 10.1. The lowest BCUT2D eigenvalue weighted by Crippen LogP contribution is -2.14. The molecule has 0 radical (unpaired) electrons. The Balaban J connectivity index is 2.27. The van der Waals surface area contributed by atoms with E-state index in [4.69, 9.17) is 5.73 Å². The molecule has 21 heavy (non-hydrogen) atoms. The van der Waals surface area contributed by atoms with Gasteiger partial charge in [0.05, 0.1) is 22.2 Å². The number of non-ortho nitro benzene ring substituents is 1. The first-order valence-corrected chi connectivity index (χ1v) is 5.72. The van der Waals surface area contributed by atoms with Crippen molar-refractivity contribution in [2.75, 3.05) is 11.1 Å². The Labute approximate surface area is 118 Å². The molecule has 0 bridgehead atoms. The number of nitrogens with two attached hydrogens (primary N) is 1. The minimum absolute atomic E-state index is 0.0470. The number of hydrogen-bond acceptors (Lipinski definition) is 5. The summed E-state index contributed by atoms with van der Waals surface area (Å²) < 4.78 is 13.1. The van der Waals surface area contributed by atoms with Crippen LogP contribution >= 0.6 is 0 Å². The van der Waals surface area contributed by atoms with Crippen LogP contribution in [-0.4, -0.2) is 15.9 Å². The number of anilines is 2. The van der Waals surface area contributed by atoms with E-state index in [0.29, 0.717) is 0 Å². The van der Waals surface area contributed by atoms with Crippen molar-refractivity contribution < 1.29 is 19.2 Å². The molecular weight excluding hydrogens is 281 g/mol. The topological polar surface area (TPSA) is 118 Å². The van der Waals surface area contributed by atoms with Gasteiger partial charge in [0.1, 0.15) is 11.6 Å². The molecule has 7 nitrogen and oxygen atoms in total. The molecule has 0 fully saturated rings. The van der Waals surface area contributed by atoms with E-state index in [1.165, 1.54) is 12.1 Å². The van der Waals surface area contributed by atoms with Gasteiger partial charge in [0.2, 0.25) is 0 Å². The minimum Gasteiger partial charge on any atom is -0.506 e. The molecule has 0 aliphatic heterocycles. The maximum Gasteiger partial charge on any atom is 0.273 e. The standard InChI is InChI=1S/C13H10FN3O4/c14-7-1-3-10(15)9(5-7)13(19)16-11-4-2-8(17(20)21)6-12(11)18/h1-6,18H,15H2,(H,16,19). The second-order valence-electron chi connectivity index (χ2n) is 4.14. The number of hydrogen-bond donors (Lipinski definition) is 3. The second-order valence-corrected chi connectivity index (χ2v) is 4.14. The van der Waals surface area contributed by atoms with Crippen molar-refractivity contribution in [1.82, 2.24) is 0 Å². The summed E-state index contributed by atoms with van der Waals surface area (Å²) in [6, 6.07) is 6.47. The summed E-state index contributed by atoms with van der Waals surface area (Å²) in [6.45, 7) is 0. The third kappa shape index (κ3) is 3.06. The molecule has 0 heterocycles. The highest BCUT2D eigenvalue weighted by Crippen LogP contribution is 2.28. The number of rotatable bonds is 3. The molecule has 108 valence electrons. The van der Waals surface area contributed by atoms with Gasteiger partial charge in [-0.25, -0.2) is 4.39 Å². The Hall–Kier alpha value is -3.16. The van der Waals surface area contributed by atoms with Gasteiger partial charge in [-0.15, -0.1) is 0 Å². The minimum atomic E-state index is -0.740. The Bertz CT molecular complexity index is 733. The average molecular weight is 291 g/mol. The number of nitrogen functional groups attached to an aromatic ring is 1. The number of nitrogens with one attached hydrogen (secondary N) is 1. The molecule has 2 rings (SSSR count). The van der Waals surface area contributed by atoms with E-state index in [9.17, 15) is 24.4 Å². The van der Waals surface area contributed by atoms with Gasteiger partial charge >= 0.3 is 0 Å². The number of carbonyl (C=O) groups is 1. The fourth-order valence-corrected chi connectivity index (χ4v) is 1.65. The maximum atomic E-state index is 13.1. The summed E-state index contributed by atoms with van der Waals surface area (Å²) in [6.07, 6.45) is 0. The summed E-state index contributed by atoms with van der Waals surface area (Å²) in [4.78, 5) is 21.8. The van der Waals surface area contributed by atoms with Crippen LogP contribution < -0.4 is 11.1 Å². The van der Waals surface area contributed by atoms with E-state index in [0.717, 1.165) is 24.3 Å². The van der Waals surface area contributed by atoms with Gasteiger partial charge in [-0.05, 0) is 24.3 Å². The van der Waals surface area contributed by atoms with Gasteiger partial charge in [-0.1, -0.05) is 0 Å². The lowest BCUT2D eigenvalue weighted by Gasteiger charge is -2.09. The molecule has 0 aliphatic carbocycles. The summed E-state index contributed by atoms with van der Waals surface area (Å²) in [5.41, 5.74) is 5.16. The Morgan fingerprint density at radius 2 is 2.00 bits per heavy atom. The lowest BCUT2D eigenvalue weighted by atomic mass is 10.1. The number of phenolic OH excluding ortho intramolecular Hbond substituents is 1. The quantitative estimate of drug-likeness (QED) is 0.347. The molecule has 2 aromatic rings. The molecule has 0 atom stereocenters. The van der Waals surface area contributed by atoms with Gasteiger partial charge < -0.3 is 16.2 Å². The largest absolute Gasteiger partial charge is 0.506 e. The van der Waals surface area contributed by atoms with E-state index < -0.39 is 22.4 Å². The molecule has 0 unspecified atom stereocenters. The highest BCUT2D eigenvalue weighted by atomic mass is 19.1. The van der Waals surface area contributed by atoms with Crippen LogP contribution in [-0.2, 0) is 0 Å². The summed E-state index contributed by atoms with van der Waals surface area (Å²) in [5.74, 6) is -1.86. The summed E-state index contributed by atoms with van der Waals surface area (Å²) in [5, 5.41) is 22.5. The molecule has 8 heteroatoms. The predicted octanol–water partition coefficient (Wildman–Crippen LogP) is 2.27. The van der Waals surface area contributed by atoms with E-state index in [-0.39, 0.29) is 22.6 Å². The van der Waals surface area contributed by atoms with Crippen LogP contribution in [0.15, 0.2) is 36.4 Å². The number of phenols is 1. The van der Waals surface area contributed by atoms with Crippen LogP contribution in [0.25, 0.3) is 0 Å². The van der Waals surface area contributed by atoms with Crippen molar-refractivity contribution in [3.63, 3.8) is 0 Å². The Morgan fingerprint density at radius 1 is 1.29 bits per heavy atom. The second kappa shape index (κ2) is 5.45. The van der Waals surface area contributed by atoms with Gasteiger partial charge in [0.25, 0.3) is 11.6 Å². The third-order valence-corrected chi connectivity index (χ3v) is 2.70. The van der Waals surface area contributed by atoms with Gasteiger partial charge in [-0.2, -0.15) is 0 Å². The molecule has 0 saturated carbocycles. The van der Waals surface area contributed by atoms with Crippen LogP contribution in [0.3, 0.4) is 0 Å². The molecule has 1 amide bonds. The summed E-state index contributed by atoms with van der Waals surface area (Å²) >= 11 is 0. The molecule has 0 aliphatic rings. The number of amides is 1. The van der Waals surface area contributed by atoms with E-state index in [2.05, 4.69) is 5.32 Å². The van der Waals surface area contributed by atoms with Crippen LogP contribution in [0.5, 0.6) is 5.75 Å². The number of nitrogens with zero attached hydrogens (tertiary/aromatic N) is 1. The van der Waals surface area contributed by atoms with Crippen molar-refractivity contribution in [2.45, 2.75) is 0 Å². The molecule has 4 N–H and O–H groups in total. The molecular formula is C13H10FN3O4. The lowest BCUT2D eigenvalue weighted by molar-refractivity contribution is -0.384. The number of halogens is 1. The van der Waals surface area contributed by atoms with Crippen LogP contribution in [0.4, 0.5) is 21.5 Å². The Kier molecular flexibility index (Phi) is 3.70. The van der Waals surface area contributed by atoms with Crippen molar-refractivity contribution in [2.24, 2.45) is 0 Å². The summed E-state index contributed by atoms with van der Waals surface area (Å²) in [7, 11) is 0. The smallest absolute Gasteiger partial charge is 0.273 e. The zero-order valence-electron chi connectivity index (χ0n) is 10.5. The fraction of sp³-hybridized carbons (Fsp3) is 0. The van der Waals surface area contributed by atoms with Gasteiger partial charge in [0, 0.05) is 11.8 Å². The first kappa shape index (κ1) is 14.3. The molecule has 2 aromatic carbocycles. The number of nitro benzene ring substituents is 1. The molecule has 0 saturated heterocycles. The number of nitro groups is 1. The predicted molar refractivity (Wildman–Crippen MR) is 73.5 cm³/mol. The van der Waals surface area contributed by atoms with E-state index in [1.54, 1.807) is 0 Å². The number of aromatic hydroxyl groups is 1. The highest BCUT2D eigenvalue weighted by molar-refractivity contribution is 6.08. The zero-order chi connectivity index (χ0) is 15.6. The highest BCUT2D eigenvalue weighted by Gasteiger charge is 2.15. The van der Waals surface area contributed by atoms with Gasteiger partial charge in [0.15, 0.2) is 0 Å².